The van der Waals surface area contributed by atoms with Crippen LogP contribution in [0, 0.1) is 0 Å². The Morgan fingerprint density at radius 3 is 2.09 bits per heavy atom. The van der Waals surface area contributed by atoms with Crippen LogP contribution in [-0.2, 0) is 0 Å². The third-order valence-electron chi connectivity index (χ3n) is 3.68. The second-order valence-corrected chi connectivity index (χ2v) is 5.33. The molecular weight excluding hydrogens is 269 g/mol. The normalized spacial score (nSPS) is 10.3. The second-order valence-electron chi connectivity index (χ2n) is 5.33. The highest BCUT2D eigenvalue weighted by molar-refractivity contribution is 6.64. The molecule has 2 nitrogen and oxygen atoms in total. The summed E-state index contributed by atoms with van der Waals surface area (Å²) in [6.45, 7) is 1.33. The van der Waals surface area contributed by atoms with Crippen LogP contribution in [0.25, 0.3) is 11.1 Å². The molecule has 2 N–H and O–H groups in total. The Balaban J connectivity index is 1.90. The number of hydrogen-bond donors (Lipinski definition) is 2. The van der Waals surface area contributed by atoms with Crippen LogP contribution in [0.15, 0.2) is 78.9 Å². The van der Waals surface area contributed by atoms with Gasteiger partial charge in [0.15, 0.2) is 0 Å². The summed E-state index contributed by atoms with van der Waals surface area (Å²) in [5.41, 5.74) is 5.35. The largest absolute Gasteiger partial charge is 0.447 e. The molecule has 3 aromatic rings. The molecule has 0 aliphatic rings. The molecule has 108 valence electrons. The zero-order chi connectivity index (χ0) is 15.4. The summed E-state index contributed by atoms with van der Waals surface area (Å²) in [6.07, 6.45) is 0. The van der Waals surface area contributed by atoms with Gasteiger partial charge in [0.25, 0.3) is 0 Å². The molecule has 0 bridgehead atoms. The lowest BCUT2D eigenvalue weighted by atomic mass is 9.64. The van der Waals surface area contributed by atoms with Gasteiger partial charge in [0.2, 0.25) is 0 Å². The van der Waals surface area contributed by atoms with E-state index in [4.69, 9.17) is 0 Å². The first-order valence-corrected chi connectivity index (χ1v) is 7.43. The first kappa shape index (κ1) is 14.4. The van der Waals surface area contributed by atoms with Crippen molar-refractivity contribution >= 4 is 23.8 Å². The molecule has 0 spiro atoms. The summed E-state index contributed by atoms with van der Waals surface area (Å²) in [4.78, 5) is 0. The molecule has 3 rings (SSSR count). The maximum absolute atomic E-state index is 9.58. The van der Waals surface area contributed by atoms with E-state index < -0.39 is 6.92 Å². The highest BCUT2D eigenvalue weighted by atomic mass is 16.2. The van der Waals surface area contributed by atoms with Gasteiger partial charge in [0.1, 0.15) is 0 Å². The quantitative estimate of drug-likeness (QED) is 0.713. The maximum atomic E-state index is 9.58. The van der Waals surface area contributed by atoms with Crippen molar-refractivity contribution in [2.45, 2.75) is 6.82 Å². The zero-order valence-electron chi connectivity index (χ0n) is 12.5. The molecule has 0 aliphatic heterocycles. The number of nitrogens with one attached hydrogen (secondary N) is 1. The molecule has 0 fully saturated rings. The van der Waals surface area contributed by atoms with Gasteiger partial charge in [-0.05, 0) is 29.2 Å². The van der Waals surface area contributed by atoms with Crippen LogP contribution < -0.4 is 10.8 Å². The third-order valence-corrected chi connectivity index (χ3v) is 3.68. The molecule has 0 atom stereocenters. The van der Waals surface area contributed by atoms with Crippen molar-refractivity contribution in [2.75, 3.05) is 5.32 Å². The molecule has 0 amide bonds. The van der Waals surface area contributed by atoms with Gasteiger partial charge >= 0.3 is 6.92 Å². The Labute approximate surface area is 131 Å². The number of hydrogen-bond acceptors (Lipinski definition) is 2. The van der Waals surface area contributed by atoms with Crippen molar-refractivity contribution in [3.63, 3.8) is 0 Å². The van der Waals surface area contributed by atoms with E-state index in [1.165, 1.54) is 11.1 Å². The summed E-state index contributed by atoms with van der Waals surface area (Å²) >= 11 is 0. The molecule has 3 aromatic carbocycles. The molecule has 3 heteroatoms. The highest BCUT2D eigenvalue weighted by Crippen LogP contribution is 2.29. The molecule has 0 radical (unpaired) electrons. The van der Waals surface area contributed by atoms with Gasteiger partial charge in [-0.2, -0.15) is 0 Å². The van der Waals surface area contributed by atoms with Crippen LogP contribution in [-0.4, -0.2) is 11.9 Å². The molecule has 22 heavy (non-hydrogen) atoms. The predicted molar refractivity (Wildman–Crippen MR) is 95.1 cm³/mol. The Morgan fingerprint density at radius 1 is 0.773 bits per heavy atom. The Morgan fingerprint density at radius 2 is 1.41 bits per heavy atom. The van der Waals surface area contributed by atoms with E-state index in [1.807, 2.05) is 54.6 Å². The molecule has 0 saturated heterocycles. The maximum Gasteiger partial charge on any atom is 0.320 e. The number of rotatable bonds is 4. The van der Waals surface area contributed by atoms with Gasteiger partial charge in [-0.3, -0.25) is 0 Å². The summed E-state index contributed by atoms with van der Waals surface area (Å²) < 4.78 is 0. The fourth-order valence-electron chi connectivity index (χ4n) is 2.46. The second kappa shape index (κ2) is 6.50. The fraction of sp³-hybridized carbons (Fsp3) is 0.0526. The van der Waals surface area contributed by atoms with Gasteiger partial charge in [-0.15, -0.1) is 0 Å². The molecule has 0 aliphatic carbocycles. The van der Waals surface area contributed by atoms with E-state index in [0.717, 1.165) is 16.8 Å². The van der Waals surface area contributed by atoms with Crippen molar-refractivity contribution in [1.82, 2.24) is 0 Å². The lowest BCUT2D eigenvalue weighted by Gasteiger charge is -2.13. The van der Waals surface area contributed by atoms with Crippen LogP contribution in [0.5, 0.6) is 0 Å². The average Bonchev–Trinajstić information content (AvgIpc) is 2.57. The lowest BCUT2D eigenvalue weighted by molar-refractivity contribution is 0.594. The van der Waals surface area contributed by atoms with Gasteiger partial charge in [-0.25, -0.2) is 0 Å². The smallest absolute Gasteiger partial charge is 0.320 e. The van der Waals surface area contributed by atoms with E-state index in [1.54, 1.807) is 6.82 Å². The van der Waals surface area contributed by atoms with Crippen molar-refractivity contribution in [3.05, 3.63) is 78.9 Å². The van der Waals surface area contributed by atoms with Gasteiger partial charge in [0, 0.05) is 16.9 Å². The average molecular weight is 287 g/mol. The Bertz CT molecular complexity index is 739. The minimum atomic E-state index is -0.439. The summed E-state index contributed by atoms with van der Waals surface area (Å²) in [5, 5.41) is 13.0. The fourth-order valence-corrected chi connectivity index (χ4v) is 2.46. The van der Waals surface area contributed by atoms with Crippen LogP contribution in [0.1, 0.15) is 0 Å². The number of anilines is 2. The standard InChI is InChI=1S/C19H18BNO/c1-20(22)16-11-13-17(14-12-16)21-19-10-6-5-9-18(19)15-7-3-2-4-8-15/h2-14,21-22H,1H3. The Kier molecular flexibility index (Phi) is 4.26. The van der Waals surface area contributed by atoms with Crippen molar-refractivity contribution in [3.8, 4) is 11.1 Å². The van der Waals surface area contributed by atoms with E-state index in [0.29, 0.717) is 0 Å². The molecule has 0 saturated carbocycles. The summed E-state index contributed by atoms with van der Waals surface area (Å²) in [7, 11) is 0. The number of para-hydroxylation sites is 1. The molecule has 0 heterocycles. The lowest BCUT2D eigenvalue weighted by Crippen LogP contribution is -2.25. The van der Waals surface area contributed by atoms with Crippen molar-refractivity contribution in [2.24, 2.45) is 0 Å². The van der Waals surface area contributed by atoms with Gasteiger partial charge in [0.05, 0.1) is 0 Å². The van der Waals surface area contributed by atoms with Crippen LogP contribution in [0.3, 0.4) is 0 Å². The third kappa shape index (κ3) is 3.21. The zero-order valence-corrected chi connectivity index (χ0v) is 12.5. The monoisotopic (exact) mass is 287 g/mol. The molecular formula is C19H18BNO. The first-order chi connectivity index (χ1) is 10.7. The van der Waals surface area contributed by atoms with Crippen LogP contribution >= 0.6 is 0 Å². The van der Waals surface area contributed by atoms with Gasteiger partial charge < -0.3 is 10.3 Å². The first-order valence-electron chi connectivity index (χ1n) is 7.43. The van der Waals surface area contributed by atoms with Crippen LogP contribution in [0.4, 0.5) is 11.4 Å². The highest BCUT2D eigenvalue weighted by Gasteiger charge is 2.07. The summed E-state index contributed by atoms with van der Waals surface area (Å²) in [5.74, 6) is 0. The van der Waals surface area contributed by atoms with Gasteiger partial charge in [-0.1, -0.05) is 67.5 Å². The topological polar surface area (TPSA) is 32.3 Å². The van der Waals surface area contributed by atoms with E-state index >= 15 is 0 Å². The van der Waals surface area contributed by atoms with Crippen LogP contribution in [0.2, 0.25) is 6.82 Å². The molecule has 0 unspecified atom stereocenters. The van der Waals surface area contributed by atoms with Crippen molar-refractivity contribution in [1.29, 1.82) is 0 Å². The molecule has 0 aromatic heterocycles. The minimum absolute atomic E-state index is 0.439. The minimum Gasteiger partial charge on any atom is -0.447 e. The van der Waals surface area contributed by atoms with E-state index in [2.05, 4.69) is 29.6 Å². The SMILES string of the molecule is CB(O)c1ccc(Nc2ccccc2-c2ccccc2)cc1. The van der Waals surface area contributed by atoms with Crippen molar-refractivity contribution < 1.29 is 5.02 Å². The van der Waals surface area contributed by atoms with E-state index in [9.17, 15) is 5.02 Å². The van der Waals surface area contributed by atoms with E-state index in [-0.39, 0.29) is 0 Å². The Hall–Kier alpha value is -2.52. The number of benzene rings is 3. The summed E-state index contributed by atoms with van der Waals surface area (Å²) in [6, 6.07) is 26.5. The predicted octanol–water partition coefficient (Wildman–Crippen LogP) is 3.92.